The maximum absolute atomic E-state index is 13.6. The predicted octanol–water partition coefficient (Wildman–Crippen LogP) is 3.60. The molecule has 25 heavy (non-hydrogen) atoms. The monoisotopic (exact) mass is 336 g/mol. The molecule has 0 aliphatic carbocycles. The first-order chi connectivity index (χ1) is 12.1. The van der Waals surface area contributed by atoms with Crippen LogP contribution in [0.3, 0.4) is 0 Å². The molecule has 3 rings (SSSR count). The standard InChI is InChI=1S/C19H17FN4O/c1-13-6-2-3-7-14(13)10-23-19(25)17-11-22-18(12-21-17)24-16-9-5-4-8-15(16)20/h2-9,11-12H,10H2,1H3,(H,22,24)(H,23,25). The number of benzene rings is 2. The number of hydrogen-bond donors (Lipinski definition) is 2. The molecule has 0 aliphatic heterocycles. The highest BCUT2D eigenvalue weighted by molar-refractivity contribution is 5.92. The Hall–Kier alpha value is -3.28. The highest BCUT2D eigenvalue weighted by Crippen LogP contribution is 2.17. The third kappa shape index (κ3) is 4.17. The average Bonchev–Trinajstić information content (AvgIpc) is 2.63. The van der Waals surface area contributed by atoms with E-state index in [4.69, 9.17) is 0 Å². The number of para-hydroxylation sites is 1. The minimum absolute atomic E-state index is 0.202. The summed E-state index contributed by atoms with van der Waals surface area (Å²) in [7, 11) is 0. The van der Waals surface area contributed by atoms with Crippen molar-refractivity contribution in [1.82, 2.24) is 15.3 Å². The molecule has 2 N–H and O–H groups in total. The SMILES string of the molecule is Cc1ccccc1CNC(=O)c1cnc(Nc2ccccc2F)cn1. The van der Waals surface area contributed by atoms with Gasteiger partial charge in [-0.25, -0.2) is 14.4 Å². The Morgan fingerprint density at radius 2 is 1.80 bits per heavy atom. The van der Waals surface area contributed by atoms with Crippen molar-refractivity contribution in [2.75, 3.05) is 5.32 Å². The van der Waals surface area contributed by atoms with Crippen LogP contribution in [0.5, 0.6) is 0 Å². The summed E-state index contributed by atoms with van der Waals surface area (Å²) in [5, 5.41) is 5.64. The van der Waals surface area contributed by atoms with E-state index in [1.54, 1.807) is 18.2 Å². The van der Waals surface area contributed by atoms with Gasteiger partial charge in [0, 0.05) is 6.54 Å². The van der Waals surface area contributed by atoms with Gasteiger partial charge in [-0.1, -0.05) is 36.4 Å². The second kappa shape index (κ2) is 7.53. The van der Waals surface area contributed by atoms with E-state index in [-0.39, 0.29) is 17.4 Å². The third-order valence-corrected chi connectivity index (χ3v) is 3.72. The topological polar surface area (TPSA) is 66.9 Å². The van der Waals surface area contributed by atoms with Gasteiger partial charge in [0.15, 0.2) is 0 Å². The van der Waals surface area contributed by atoms with Crippen molar-refractivity contribution in [1.29, 1.82) is 0 Å². The first kappa shape index (κ1) is 16.6. The first-order valence-electron chi connectivity index (χ1n) is 7.80. The van der Waals surface area contributed by atoms with Crippen molar-refractivity contribution >= 4 is 17.4 Å². The summed E-state index contributed by atoms with van der Waals surface area (Å²) in [4.78, 5) is 20.3. The number of aromatic nitrogens is 2. The van der Waals surface area contributed by atoms with Gasteiger partial charge < -0.3 is 10.6 Å². The Kier molecular flexibility index (Phi) is 4.99. The number of rotatable bonds is 5. The fourth-order valence-corrected chi connectivity index (χ4v) is 2.28. The van der Waals surface area contributed by atoms with Crippen molar-refractivity contribution in [3.8, 4) is 0 Å². The molecule has 0 unspecified atom stereocenters. The first-order valence-corrected chi connectivity index (χ1v) is 7.80. The van der Waals surface area contributed by atoms with Gasteiger partial charge >= 0.3 is 0 Å². The summed E-state index contributed by atoms with van der Waals surface area (Å²) < 4.78 is 13.6. The number of carbonyl (C=O) groups excluding carboxylic acids is 1. The van der Waals surface area contributed by atoms with Crippen LogP contribution >= 0.6 is 0 Å². The summed E-state index contributed by atoms with van der Waals surface area (Å²) in [5.74, 6) is -0.335. The zero-order valence-electron chi connectivity index (χ0n) is 13.7. The maximum atomic E-state index is 13.6. The van der Waals surface area contributed by atoms with Gasteiger partial charge in [-0.2, -0.15) is 0 Å². The van der Waals surface area contributed by atoms with Gasteiger partial charge in [-0.15, -0.1) is 0 Å². The lowest BCUT2D eigenvalue weighted by Gasteiger charge is -2.08. The highest BCUT2D eigenvalue weighted by atomic mass is 19.1. The summed E-state index contributed by atoms with van der Waals surface area (Å²) in [5.41, 5.74) is 2.65. The van der Waals surface area contributed by atoms with Crippen LogP contribution < -0.4 is 10.6 Å². The molecule has 6 heteroatoms. The summed E-state index contributed by atoms with van der Waals surface area (Å²) in [6.07, 6.45) is 2.76. The number of nitrogens with zero attached hydrogens (tertiary/aromatic N) is 2. The molecule has 0 spiro atoms. The highest BCUT2D eigenvalue weighted by Gasteiger charge is 2.09. The zero-order chi connectivity index (χ0) is 17.6. The van der Waals surface area contributed by atoms with E-state index in [1.165, 1.54) is 18.5 Å². The van der Waals surface area contributed by atoms with E-state index < -0.39 is 0 Å². The van der Waals surface area contributed by atoms with Gasteiger partial charge in [-0.3, -0.25) is 4.79 Å². The molecule has 1 heterocycles. The summed E-state index contributed by atoms with van der Waals surface area (Å²) >= 11 is 0. The van der Waals surface area contributed by atoms with Crippen molar-refractivity contribution in [2.24, 2.45) is 0 Å². The van der Waals surface area contributed by atoms with Crippen LogP contribution in [0.2, 0.25) is 0 Å². The Labute approximate surface area is 145 Å². The zero-order valence-corrected chi connectivity index (χ0v) is 13.7. The van der Waals surface area contributed by atoms with Crippen LogP contribution in [-0.2, 0) is 6.54 Å². The van der Waals surface area contributed by atoms with Gasteiger partial charge in [-0.05, 0) is 30.2 Å². The Balaban J connectivity index is 1.63. The maximum Gasteiger partial charge on any atom is 0.271 e. The average molecular weight is 336 g/mol. The fraction of sp³-hybridized carbons (Fsp3) is 0.105. The molecule has 1 aromatic heterocycles. The molecule has 0 saturated heterocycles. The van der Waals surface area contributed by atoms with Crippen LogP contribution in [0, 0.1) is 12.7 Å². The normalized spacial score (nSPS) is 10.3. The quantitative estimate of drug-likeness (QED) is 0.747. The number of halogens is 1. The van der Waals surface area contributed by atoms with Crippen LogP contribution in [-0.4, -0.2) is 15.9 Å². The van der Waals surface area contributed by atoms with E-state index >= 15 is 0 Å². The lowest BCUT2D eigenvalue weighted by Crippen LogP contribution is -2.24. The molecular weight excluding hydrogens is 319 g/mol. The van der Waals surface area contributed by atoms with E-state index in [2.05, 4.69) is 20.6 Å². The van der Waals surface area contributed by atoms with Crippen LogP contribution in [0.1, 0.15) is 21.6 Å². The Bertz CT molecular complexity index is 881. The lowest BCUT2D eigenvalue weighted by atomic mass is 10.1. The second-order valence-electron chi connectivity index (χ2n) is 5.50. The van der Waals surface area contributed by atoms with Gasteiger partial charge in [0.1, 0.15) is 17.3 Å². The van der Waals surface area contributed by atoms with Gasteiger partial charge in [0.25, 0.3) is 5.91 Å². The number of nitrogens with one attached hydrogen (secondary N) is 2. The van der Waals surface area contributed by atoms with Crippen LogP contribution in [0.4, 0.5) is 15.9 Å². The summed E-state index contributed by atoms with van der Waals surface area (Å²) in [6.45, 7) is 2.41. The van der Waals surface area contributed by atoms with Gasteiger partial charge in [0.05, 0.1) is 18.1 Å². The molecule has 3 aromatic rings. The van der Waals surface area contributed by atoms with Crippen molar-refractivity contribution in [3.63, 3.8) is 0 Å². The number of aryl methyl sites for hydroxylation is 1. The molecule has 2 aromatic carbocycles. The molecule has 0 aliphatic rings. The predicted molar refractivity (Wildman–Crippen MR) is 94.1 cm³/mol. The fourth-order valence-electron chi connectivity index (χ4n) is 2.28. The van der Waals surface area contributed by atoms with E-state index in [0.717, 1.165) is 11.1 Å². The second-order valence-corrected chi connectivity index (χ2v) is 5.50. The van der Waals surface area contributed by atoms with Crippen molar-refractivity contribution in [2.45, 2.75) is 13.5 Å². The largest absolute Gasteiger partial charge is 0.347 e. The molecule has 126 valence electrons. The number of hydrogen-bond acceptors (Lipinski definition) is 4. The van der Waals surface area contributed by atoms with Crippen LogP contribution in [0.25, 0.3) is 0 Å². The van der Waals surface area contributed by atoms with E-state index in [0.29, 0.717) is 18.1 Å². The number of amides is 1. The van der Waals surface area contributed by atoms with Gasteiger partial charge in [0.2, 0.25) is 0 Å². The minimum Gasteiger partial charge on any atom is -0.347 e. The Morgan fingerprint density at radius 3 is 2.52 bits per heavy atom. The number of carbonyl (C=O) groups is 1. The molecule has 5 nitrogen and oxygen atoms in total. The molecule has 0 saturated carbocycles. The molecular formula is C19H17FN4O. The molecule has 0 fully saturated rings. The summed E-state index contributed by atoms with van der Waals surface area (Å²) in [6, 6.07) is 14.1. The van der Waals surface area contributed by atoms with Crippen LogP contribution in [0.15, 0.2) is 60.9 Å². The Morgan fingerprint density at radius 1 is 1.04 bits per heavy atom. The smallest absolute Gasteiger partial charge is 0.271 e. The molecule has 0 bridgehead atoms. The minimum atomic E-state index is -0.385. The van der Waals surface area contributed by atoms with E-state index in [1.807, 2.05) is 31.2 Å². The number of anilines is 2. The van der Waals surface area contributed by atoms with E-state index in [9.17, 15) is 9.18 Å². The van der Waals surface area contributed by atoms with Crippen molar-refractivity contribution in [3.05, 3.63) is 83.6 Å². The molecule has 0 radical (unpaired) electrons. The molecule has 0 atom stereocenters. The van der Waals surface area contributed by atoms with Crippen molar-refractivity contribution < 1.29 is 9.18 Å². The molecule has 1 amide bonds. The lowest BCUT2D eigenvalue weighted by molar-refractivity contribution is 0.0945. The third-order valence-electron chi connectivity index (χ3n) is 3.72.